The van der Waals surface area contributed by atoms with Gasteiger partial charge in [0, 0.05) is 25.2 Å². The number of amides is 2. The van der Waals surface area contributed by atoms with Gasteiger partial charge in [0.15, 0.2) is 0 Å². The molecule has 0 saturated carbocycles. The van der Waals surface area contributed by atoms with E-state index in [-0.39, 0.29) is 30.1 Å². The Bertz CT molecular complexity index is 1020. The fourth-order valence-electron chi connectivity index (χ4n) is 4.65. The smallest absolute Gasteiger partial charge is 0.255 e. The quantitative estimate of drug-likeness (QED) is 0.685. The number of piperidine rings is 1. The van der Waals surface area contributed by atoms with Crippen molar-refractivity contribution in [2.75, 3.05) is 32.7 Å². The van der Waals surface area contributed by atoms with E-state index in [1.165, 1.54) is 18.2 Å². The highest BCUT2D eigenvalue weighted by molar-refractivity contribution is 5.97. The number of halogens is 1. The van der Waals surface area contributed by atoms with Crippen LogP contribution in [0.4, 0.5) is 4.39 Å². The van der Waals surface area contributed by atoms with Crippen molar-refractivity contribution in [3.63, 3.8) is 0 Å². The van der Waals surface area contributed by atoms with Crippen molar-refractivity contribution < 1.29 is 18.7 Å². The van der Waals surface area contributed by atoms with Crippen molar-refractivity contribution in [3.05, 3.63) is 65.0 Å². The van der Waals surface area contributed by atoms with Gasteiger partial charge in [-0.3, -0.25) is 20.2 Å². The molecule has 0 aromatic heterocycles. The third-order valence-corrected chi connectivity index (χ3v) is 6.20. The molecule has 162 valence electrons. The van der Waals surface area contributed by atoms with Gasteiger partial charge in [0.2, 0.25) is 0 Å². The summed E-state index contributed by atoms with van der Waals surface area (Å²) >= 11 is 0. The maximum absolute atomic E-state index is 13.6. The Labute approximate surface area is 179 Å². The second-order valence-corrected chi connectivity index (χ2v) is 8.41. The normalized spacial score (nSPS) is 23.8. The predicted molar refractivity (Wildman–Crippen MR) is 112 cm³/mol. The number of hydrogen-bond donors (Lipinski definition) is 3. The Hall–Kier alpha value is -2.97. The van der Waals surface area contributed by atoms with Crippen LogP contribution in [0.5, 0.6) is 5.75 Å². The lowest BCUT2D eigenvalue weighted by atomic mass is 9.91. The van der Waals surface area contributed by atoms with Gasteiger partial charge in [0.25, 0.3) is 11.8 Å². The lowest BCUT2D eigenvalue weighted by Gasteiger charge is -2.42. The zero-order valence-corrected chi connectivity index (χ0v) is 17.1. The molecule has 31 heavy (non-hydrogen) atoms. The molecular weight excluding hydrogens is 399 g/mol. The molecule has 2 fully saturated rings. The van der Waals surface area contributed by atoms with Crippen LogP contribution < -0.4 is 20.7 Å². The number of nitrogens with one attached hydrogen (secondary N) is 3. The number of nitrogens with zero attached hydrogens (tertiary/aromatic N) is 1. The fraction of sp³-hybridized carbons (Fsp3) is 0.391. The third kappa shape index (κ3) is 3.88. The zero-order chi connectivity index (χ0) is 21.4. The molecule has 1 spiro atoms. The molecule has 8 heteroatoms. The van der Waals surface area contributed by atoms with Crippen LogP contribution in [-0.2, 0) is 0 Å². The van der Waals surface area contributed by atoms with Crippen molar-refractivity contribution in [1.29, 1.82) is 0 Å². The molecule has 3 heterocycles. The van der Waals surface area contributed by atoms with Crippen molar-refractivity contribution in [2.24, 2.45) is 0 Å². The van der Waals surface area contributed by atoms with Crippen molar-refractivity contribution >= 4 is 11.8 Å². The van der Waals surface area contributed by atoms with Crippen LogP contribution in [0.3, 0.4) is 0 Å². The number of carbonyl (C=O) groups excluding carboxylic acids is 2. The average Bonchev–Trinajstić information content (AvgIpc) is 3.30. The lowest BCUT2D eigenvalue weighted by molar-refractivity contribution is -0.000891. The van der Waals surface area contributed by atoms with Gasteiger partial charge < -0.3 is 15.0 Å². The molecule has 5 rings (SSSR count). The second-order valence-electron chi connectivity index (χ2n) is 8.41. The maximum Gasteiger partial charge on any atom is 0.255 e. The number of ether oxygens (including phenoxy) is 1. The third-order valence-electron chi connectivity index (χ3n) is 6.20. The van der Waals surface area contributed by atoms with E-state index in [4.69, 9.17) is 4.74 Å². The SMILES string of the molecule is O=C1NC[C@]2(CCCN(C(=O)c3cccc(C4NCCN4)c3)C2)Oc2ccc(F)cc21. The summed E-state index contributed by atoms with van der Waals surface area (Å²) in [6, 6.07) is 11.6. The van der Waals surface area contributed by atoms with E-state index in [2.05, 4.69) is 16.0 Å². The average molecular weight is 424 g/mol. The summed E-state index contributed by atoms with van der Waals surface area (Å²) in [5, 5.41) is 9.58. The summed E-state index contributed by atoms with van der Waals surface area (Å²) in [5.74, 6) is -0.553. The molecule has 1 atom stereocenters. The summed E-state index contributed by atoms with van der Waals surface area (Å²) in [4.78, 5) is 27.6. The largest absolute Gasteiger partial charge is 0.483 e. The van der Waals surface area contributed by atoms with Gasteiger partial charge in [-0.2, -0.15) is 0 Å². The summed E-state index contributed by atoms with van der Waals surface area (Å²) in [6.45, 7) is 3.03. The highest BCUT2D eigenvalue weighted by atomic mass is 19.1. The lowest BCUT2D eigenvalue weighted by Crippen LogP contribution is -2.57. The molecule has 2 amide bonds. The standard InChI is InChI=1S/C23H25FN4O3/c24-17-5-6-19-18(12-17)21(29)27-13-23(31-19)7-2-10-28(14-23)22(30)16-4-1-3-15(11-16)20-25-8-9-26-20/h1,3-6,11-12,20,25-26H,2,7-10,13-14H2,(H,27,29)/t23-/m0/s1. The number of carbonyl (C=O) groups is 2. The van der Waals surface area contributed by atoms with E-state index in [0.29, 0.717) is 30.8 Å². The van der Waals surface area contributed by atoms with Crippen molar-refractivity contribution in [1.82, 2.24) is 20.9 Å². The number of rotatable bonds is 2. The first-order valence-electron chi connectivity index (χ1n) is 10.7. The van der Waals surface area contributed by atoms with E-state index in [1.54, 1.807) is 4.90 Å². The maximum atomic E-state index is 13.6. The van der Waals surface area contributed by atoms with Crippen molar-refractivity contribution in [2.45, 2.75) is 24.6 Å². The Kier molecular flexibility index (Phi) is 5.11. The predicted octanol–water partition coefficient (Wildman–Crippen LogP) is 1.81. The zero-order valence-electron chi connectivity index (χ0n) is 17.1. The number of likely N-dealkylation sites (tertiary alicyclic amines) is 1. The van der Waals surface area contributed by atoms with E-state index in [9.17, 15) is 14.0 Å². The van der Waals surface area contributed by atoms with E-state index in [0.717, 1.165) is 25.1 Å². The molecule has 2 saturated heterocycles. The monoisotopic (exact) mass is 424 g/mol. The van der Waals surface area contributed by atoms with E-state index in [1.807, 2.05) is 24.3 Å². The number of hydrogen-bond acceptors (Lipinski definition) is 5. The van der Waals surface area contributed by atoms with Gasteiger partial charge in [0.05, 0.1) is 24.8 Å². The Balaban J connectivity index is 1.38. The van der Waals surface area contributed by atoms with Crippen LogP contribution >= 0.6 is 0 Å². The molecule has 3 N–H and O–H groups in total. The summed E-state index contributed by atoms with van der Waals surface area (Å²) < 4.78 is 19.9. The minimum Gasteiger partial charge on any atom is -0.483 e. The molecule has 7 nitrogen and oxygen atoms in total. The van der Waals surface area contributed by atoms with Gasteiger partial charge >= 0.3 is 0 Å². The molecule has 2 aromatic rings. The van der Waals surface area contributed by atoms with Gasteiger partial charge in [-0.25, -0.2) is 4.39 Å². The Morgan fingerprint density at radius 3 is 2.84 bits per heavy atom. The van der Waals surface area contributed by atoms with Gasteiger partial charge in [-0.05, 0) is 48.7 Å². The first-order valence-corrected chi connectivity index (χ1v) is 10.7. The van der Waals surface area contributed by atoms with Crippen LogP contribution in [0.25, 0.3) is 0 Å². The van der Waals surface area contributed by atoms with Crippen LogP contribution in [0.2, 0.25) is 0 Å². The highest BCUT2D eigenvalue weighted by Gasteiger charge is 2.42. The van der Waals surface area contributed by atoms with E-state index >= 15 is 0 Å². The Morgan fingerprint density at radius 1 is 1.16 bits per heavy atom. The summed E-state index contributed by atoms with van der Waals surface area (Å²) in [6.07, 6.45) is 1.51. The highest BCUT2D eigenvalue weighted by Crippen LogP contribution is 2.33. The van der Waals surface area contributed by atoms with E-state index < -0.39 is 11.4 Å². The molecular formula is C23H25FN4O3. The fourth-order valence-corrected chi connectivity index (χ4v) is 4.65. The molecule has 2 aromatic carbocycles. The number of fused-ring (bicyclic) bond motifs is 1. The van der Waals surface area contributed by atoms with Crippen LogP contribution in [-0.4, -0.2) is 55.0 Å². The first kappa shape index (κ1) is 20.0. The minimum atomic E-state index is -0.737. The minimum absolute atomic E-state index is 0.0535. The van der Waals surface area contributed by atoms with Crippen LogP contribution in [0.1, 0.15) is 45.3 Å². The van der Waals surface area contributed by atoms with Gasteiger partial charge in [-0.15, -0.1) is 0 Å². The van der Waals surface area contributed by atoms with Gasteiger partial charge in [0.1, 0.15) is 17.2 Å². The molecule has 0 unspecified atom stereocenters. The van der Waals surface area contributed by atoms with Gasteiger partial charge in [-0.1, -0.05) is 12.1 Å². The second kappa shape index (κ2) is 7.94. The molecule has 3 aliphatic heterocycles. The summed E-state index contributed by atoms with van der Waals surface area (Å²) in [7, 11) is 0. The molecule has 3 aliphatic rings. The van der Waals surface area contributed by atoms with Crippen molar-refractivity contribution in [3.8, 4) is 5.75 Å². The molecule has 0 aliphatic carbocycles. The first-order chi connectivity index (χ1) is 15.0. The molecule has 0 radical (unpaired) electrons. The Morgan fingerprint density at radius 2 is 2.00 bits per heavy atom. The van der Waals surface area contributed by atoms with Crippen LogP contribution in [0.15, 0.2) is 42.5 Å². The summed E-state index contributed by atoms with van der Waals surface area (Å²) in [5.41, 5.74) is 1.11. The van der Waals surface area contributed by atoms with Crippen LogP contribution in [0, 0.1) is 5.82 Å². The molecule has 0 bridgehead atoms. The number of benzene rings is 2. The topological polar surface area (TPSA) is 82.7 Å².